The molecule has 1 saturated heterocycles. The zero-order valence-corrected chi connectivity index (χ0v) is 18.9. The number of benzene rings is 3. The zero-order chi connectivity index (χ0) is 22.7. The van der Waals surface area contributed by atoms with E-state index in [1.165, 1.54) is 4.90 Å². The van der Waals surface area contributed by atoms with E-state index in [1.54, 1.807) is 72.8 Å². The lowest BCUT2D eigenvalue weighted by Gasteiger charge is -2.21. The van der Waals surface area contributed by atoms with Crippen LogP contribution in [-0.2, 0) is 9.84 Å². The monoisotopic (exact) mass is 467 g/mol. The largest absolute Gasteiger partial charge is 0.338 e. The molecule has 1 unspecified atom stereocenters. The minimum atomic E-state index is -3.50. The van der Waals surface area contributed by atoms with Gasteiger partial charge in [-0.3, -0.25) is 9.59 Å². The van der Waals surface area contributed by atoms with Gasteiger partial charge in [-0.25, -0.2) is 8.42 Å². The van der Waals surface area contributed by atoms with Crippen LogP contribution in [0.5, 0.6) is 0 Å². The van der Waals surface area contributed by atoms with Crippen molar-refractivity contribution in [1.29, 1.82) is 0 Å². The number of hydrogen-bond donors (Lipinski definition) is 0. The molecule has 1 aliphatic heterocycles. The van der Waals surface area contributed by atoms with Gasteiger partial charge in [0.05, 0.1) is 16.6 Å². The molecular formula is C25H22ClNO4S. The fraction of sp³-hybridized carbons (Fsp3) is 0.200. The molecule has 7 heteroatoms. The van der Waals surface area contributed by atoms with Crippen LogP contribution in [0.3, 0.4) is 0 Å². The Morgan fingerprint density at radius 2 is 1.44 bits per heavy atom. The number of rotatable bonds is 4. The Bertz CT molecular complexity index is 1260. The molecule has 3 aromatic rings. The summed E-state index contributed by atoms with van der Waals surface area (Å²) in [5.41, 5.74) is 1.63. The number of nitrogens with zero attached hydrogens (tertiary/aromatic N) is 1. The molecule has 32 heavy (non-hydrogen) atoms. The van der Waals surface area contributed by atoms with Crippen LogP contribution in [0.4, 0.5) is 0 Å². The van der Waals surface area contributed by atoms with Crippen molar-refractivity contribution in [2.45, 2.75) is 11.7 Å². The third kappa shape index (κ3) is 4.47. The van der Waals surface area contributed by atoms with Gasteiger partial charge in [0.25, 0.3) is 5.91 Å². The highest BCUT2D eigenvalue weighted by Crippen LogP contribution is 2.34. The van der Waals surface area contributed by atoms with Gasteiger partial charge in [0, 0.05) is 29.2 Å². The van der Waals surface area contributed by atoms with Crippen molar-refractivity contribution in [3.63, 3.8) is 0 Å². The molecule has 0 aliphatic carbocycles. The smallest absolute Gasteiger partial charge is 0.254 e. The lowest BCUT2D eigenvalue weighted by atomic mass is 9.97. The van der Waals surface area contributed by atoms with Crippen molar-refractivity contribution >= 4 is 33.1 Å². The molecule has 0 radical (unpaired) electrons. The van der Waals surface area contributed by atoms with Crippen LogP contribution in [0.25, 0.3) is 0 Å². The summed E-state index contributed by atoms with van der Waals surface area (Å²) in [7, 11) is -3.50. The summed E-state index contributed by atoms with van der Waals surface area (Å²) in [5, 5.41) is -0.366. The highest BCUT2D eigenvalue weighted by molar-refractivity contribution is 7.91. The predicted molar refractivity (Wildman–Crippen MR) is 125 cm³/mol. The third-order valence-electron chi connectivity index (χ3n) is 5.72. The van der Waals surface area contributed by atoms with Gasteiger partial charge in [0.2, 0.25) is 0 Å². The van der Waals surface area contributed by atoms with Crippen LogP contribution >= 0.6 is 11.6 Å². The van der Waals surface area contributed by atoms with E-state index in [-0.39, 0.29) is 42.5 Å². The van der Waals surface area contributed by atoms with Crippen LogP contribution in [0.2, 0.25) is 5.02 Å². The molecule has 164 valence electrons. The SMILES string of the molecule is O=C(c1ccccc1)c1ccccc1C(=O)N1CCC(c2ccccc2Cl)S(=O)(=O)CC1. The molecule has 0 saturated carbocycles. The number of halogens is 1. The lowest BCUT2D eigenvalue weighted by Crippen LogP contribution is -2.34. The van der Waals surface area contributed by atoms with Crippen LogP contribution in [0.1, 0.15) is 43.5 Å². The van der Waals surface area contributed by atoms with Crippen LogP contribution in [0, 0.1) is 0 Å². The van der Waals surface area contributed by atoms with Crippen molar-refractivity contribution in [2.24, 2.45) is 0 Å². The van der Waals surface area contributed by atoms with Crippen molar-refractivity contribution < 1.29 is 18.0 Å². The molecule has 4 rings (SSSR count). The number of carbonyl (C=O) groups excluding carboxylic acids is 2. The van der Waals surface area contributed by atoms with Crippen molar-refractivity contribution in [3.8, 4) is 0 Å². The van der Waals surface area contributed by atoms with Crippen molar-refractivity contribution in [1.82, 2.24) is 4.90 Å². The summed E-state index contributed by atoms with van der Waals surface area (Å²) in [6.07, 6.45) is 0.243. The van der Waals surface area contributed by atoms with Gasteiger partial charge in [-0.2, -0.15) is 0 Å². The van der Waals surface area contributed by atoms with Gasteiger partial charge in [-0.05, 0) is 24.1 Å². The number of ketones is 1. The first-order chi connectivity index (χ1) is 15.4. The van der Waals surface area contributed by atoms with Crippen molar-refractivity contribution in [2.75, 3.05) is 18.8 Å². The van der Waals surface area contributed by atoms with E-state index < -0.39 is 15.1 Å². The van der Waals surface area contributed by atoms with Crippen LogP contribution < -0.4 is 0 Å². The molecule has 1 fully saturated rings. The van der Waals surface area contributed by atoms with Gasteiger partial charge in [0.15, 0.2) is 15.6 Å². The second kappa shape index (κ2) is 9.27. The zero-order valence-electron chi connectivity index (χ0n) is 17.3. The Kier molecular flexibility index (Phi) is 6.44. The Morgan fingerprint density at radius 3 is 2.16 bits per heavy atom. The van der Waals surface area contributed by atoms with Gasteiger partial charge >= 0.3 is 0 Å². The second-order valence-corrected chi connectivity index (χ2v) is 10.4. The molecule has 0 bridgehead atoms. The lowest BCUT2D eigenvalue weighted by molar-refractivity contribution is 0.0762. The number of carbonyl (C=O) groups is 2. The highest BCUT2D eigenvalue weighted by Gasteiger charge is 2.34. The summed E-state index contributed by atoms with van der Waals surface area (Å²) in [6, 6.07) is 22.3. The summed E-state index contributed by atoms with van der Waals surface area (Å²) in [6.45, 7) is 0.317. The minimum absolute atomic E-state index is 0.0655. The number of sulfone groups is 1. The fourth-order valence-corrected chi connectivity index (χ4v) is 6.16. The first kappa shape index (κ1) is 22.2. The molecule has 0 spiro atoms. The summed E-state index contributed by atoms with van der Waals surface area (Å²) in [5.74, 6) is -0.755. The summed E-state index contributed by atoms with van der Waals surface area (Å²) in [4.78, 5) is 27.9. The quantitative estimate of drug-likeness (QED) is 0.527. The molecule has 0 N–H and O–H groups in total. The maximum atomic E-state index is 13.4. The third-order valence-corrected chi connectivity index (χ3v) is 8.17. The summed E-state index contributed by atoms with van der Waals surface area (Å²) >= 11 is 6.26. The normalized spacial score (nSPS) is 18.0. The van der Waals surface area contributed by atoms with E-state index in [4.69, 9.17) is 11.6 Å². The van der Waals surface area contributed by atoms with Gasteiger partial charge in [-0.1, -0.05) is 78.3 Å². The van der Waals surface area contributed by atoms with Crippen LogP contribution in [-0.4, -0.2) is 43.9 Å². The average Bonchev–Trinajstić information content (AvgIpc) is 2.97. The van der Waals surface area contributed by atoms with Crippen LogP contribution in [0.15, 0.2) is 78.9 Å². The van der Waals surface area contributed by atoms with Crippen molar-refractivity contribution in [3.05, 3.63) is 106 Å². The topological polar surface area (TPSA) is 71.5 Å². The van der Waals surface area contributed by atoms with Gasteiger partial charge in [0.1, 0.15) is 0 Å². The van der Waals surface area contributed by atoms with Gasteiger partial charge in [-0.15, -0.1) is 0 Å². The second-order valence-electron chi connectivity index (χ2n) is 7.70. The fourth-order valence-electron chi connectivity index (χ4n) is 4.02. The standard InChI is InChI=1S/C25H22ClNO4S/c26-22-13-7-6-12-21(22)23-14-15-27(16-17-32(23,30)31)25(29)20-11-5-4-10-19(20)24(28)18-8-2-1-3-9-18/h1-13,23H,14-17H2. The van der Waals surface area contributed by atoms with E-state index in [0.717, 1.165) is 0 Å². The van der Waals surface area contributed by atoms with E-state index in [9.17, 15) is 18.0 Å². The van der Waals surface area contributed by atoms with E-state index in [0.29, 0.717) is 21.7 Å². The van der Waals surface area contributed by atoms with E-state index >= 15 is 0 Å². The molecule has 0 aromatic heterocycles. The molecule has 3 aromatic carbocycles. The molecule has 5 nitrogen and oxygen atoms in total. The first-order valence-electron chi connectivity index (χ1n) is 10.3. The molecular weight excluding hydrogens is 446 g/mol. The first-order valence-corrected chi connectivity index (χ1v) is 12.4. The Labute approximate surface area is 192 Å². The Hall–Kier alpha value is -2.96. The average molecular weight is 468 g/mol. The molecule has 1 heterocycles. The highest BCUT2D eigenvalue weighted by atomic mass is 35.5. The minimum Gasteiger partial charge on any atom is -0.338 e. The number of hydrogen-bond acceptors (Lipinski definition) is 4. The molecule has 1 amide bonds. The maximum Gasteiger partial charge on any atom is 0.254 e. The predicted octanol–water partition coefficient (Wildman–Crippen LogP) is 4.57. The molecule has 1 atom stereocenters. The van der Waals surface area contributed by atoms with Gasteiger partial charge < -0.3 is 4.90 Å². The maximum absolute atomic E-state index is 13.4. The summed E-state index contributed by atoms with van der Waals surface area (Å²) < 4.78 is 25.9. The molecule has 1 aliphatic rings. The van der Waals surface area contributed by atoms with E-state index in [1.807, 2.05) is 6.07 Å². The number of amides is 1. The Balaban J connectivity index is 1.62. The van der Waals surface area contributed by atoms with E-state index in [2.05, 4.69) is 0 Å². The Morgan fingerprint density at radius 1 is 0.812 bits per heavy atom.